The van der Waals surface area contributed by atoms with E-state index < -0.39 is 0 Å². The van der Waals surface area contributed by atoms with Crippen LogP contribution in [0.1, 0.15) is 82.1 Å². The molecule has 18 heavy (non-hydrogen) atoms. The minimum atomic E-state index is 0.247. The van der Waals surface area contributed by atoms with E-state index in [4.69, 9.17) is 0 Å². The van der Waals surface area contributed by atoms with Gasteiger partial charge in [0.1, 0.15) is 0 Å². The molecule has 1 nitrogen and oxygen atoms in total. The van der Waals surface area contributed by atoms with Crippen LogP contribution in [0.4, 0.5) is 0 Å². The van der Waals surface area contributed by atoms with E-state index in [9.17, 15) is 0 Å². The number of hydrogen-bond acceptors (Lipinski definition) is 1. The molecule has 0 saturated heterocycles. The fraction of sp³-hybridized carbons (Fsp3) is 1.00. The molecule has 0 spiro atoms. The first-order chi connectivity index (χ1) is 8.10. The summed E-state index contributed by atoms with van der Waals surface area (Å²) in [6.07, 6.45) is 2.49. The largest absolute Gasteiger partial charge is 0.312 e. The molecular formula is C17H39N. The number of rotatable bonds is 7. The highest BCUT2D eigenvalue weighted by Crippen LogP contribution is 2.34. The average molecular weight is 258 g/mol. The summed E-state index contributed by atoms with van der Waals surface area (Å²) in [5.74, 6) is 1.51. The summed E-state index contributed by atoms with van der Waals surface area (Å²) in [4.78, 5) is 0. The van der Waals surface area contributed by atoms with Gasteiger partial charge in [0.05, 0.1) is 0 Å². The maximum atomic E-state index is 3.72. The molecule has 0 aliphatic carbocycles. The van der Waals surface area contributed by atoms with Crippen molar-refractivity contribution in [3.63, 3.8) is 0 Å². The first kappa shape index (κ1) is 20.3. The lowest BCUT2D eigenvalue weighted by atomic mass is 9.72. The molecule has 1 N–H and O–H groups in total. The van der Waals surface area contributed by atoms with Crippen LogP contribution in [0, 0.1) is 17.3 Å². The minimum absolute atomic E-state index is 0.247. The van der Waals surface area contributed by atoms with Crippen molar-refractivity contribution in [2.45, 2.75) is 87.6 Å². The van der Waals surface area contributed by atoms with Gasteiger partial charge in [-0.05, 0) is 44.1 Å². The van der Waals surface area contributed by atoms with Crippen molar-refractivity contribution in [3.8, 4) is 0 Å². The Morgan fingerprint density at radius 3 is 1.72 bits per heavy atom. The lowest BCUT2D eigenvalue weighted by Gasteiger charge is -2.39. The van der Waals surface area contributed by atoms with Crippen LogP contribution in [0.3, 0.4) is 0 Å². The zero-order valence-corrected chi connectivity index (χ0v) is 14.8. The van der Waals surface area contributed by atoms with Gasteiger partial charge in [0, 0.05) is 5.54 Å². The molecule has 112 valence electrons. The molecule has 0 saturated carbocycles. The van der Waals surface area contributed by atoms with Gasteiger partial charge in [0.25, 0.3) is 0 Å². The average Bonchev–Trinajstić information content (AvgIpc) is 2.27. The van der Waals surface area contributed by atoms with Gasteiger partial charge < -0.3 is 5.32 Å². The van der Waals surface area contributed by atoms with E-state index >= 15 is 0 Å². The summed E-state index contributed by atoms with van der Waals surface area (Å²) in [5.41, 5.74) is 0.656. The van der Waals surface area contributed by atoms with Gasteiger partial charge in [-0.1, -0.05) is 61.8 Å². The Kier molecular flexibility index (Phi) is 10.1. The maximum Gasteiger partial charge on any atom is 0.0130 e. The van der Waals surface area contributed by atoms with Gasteiger partial charge in [-0.2, -0.15) is 0 Å². The summed E-state index contributed by atoms with van der Waals surface area (Å²) in [6.45, 7) is 23.8. The summed E-state index contributed by atoms with van der Waals surface area (Å²) in [5, 5.41) is 3.72. The molecule has 1 atom stereocenters. The van der Waals surface area contributed by atoms with E-state index in [1.807, 2.05) is 13.8 Å². The summed E-state index contributed by atoms with van der Waals surface area (Å²) in [6, 6.07) is 0. The second-order valence-electron chi connectivity index (χ2n) is 7.10. The third kappa shape index (κ3) is 8.97. The van der Waals surface area contributed by atoms with E-state index in [-0.39, 0.29) is 5.54 Å². The topological polar surface area (TPSA) is 12.0 Å². The standard InChI is InChI=1S/C15H33N.C2H6/c1-9-13(4)10-16-15(7,8)11-14(5,6)12(2)3;1-2/h12-13,16H,9-11H2,1-8H3;1-2H3. The lowest BCUT2D eigenvalue weighted by Crippen LogP contribution is -2.45. The Hall–Kier alpha value is -0.0400. The molecule has 0 aliphatic heterocycles. The quantitative estimate of drug-likeness (QED) is 0.635. The molecule has 0 aliphatic rings. The molecule has 0 amide bonds. The number of hydrogen-bond donors (Lipinski definition) is 1. The molecule has 0 aromatic heterocycles. The first-order valence-electron chi connectivity index (χ1n) is 7.85. The van der Waals surface area contributed by atoms with Crippen LogP contribution in [-0.4, -0.2) is 12.1 Å². The highest BCUT2D eigenvalue weighted by molar-refractivity contribution is 4.87. The molecule has 0 aromatic carbocycles. The van der Waals surface area contributed by atoms with E-state index in [0.29, 0.717) is 5.41 Å². The normalized spacial score (nSPS) is 14.2. The zero-order valence-electron chi connectivity index (χ0n) is 14.8. The summed E-state index contributed by atoms with van der Waals surface area (Å²) in [7, 11) is 0. The highest BCUT2D eigenvalue weighted by Gasteiger charge is 2.30. The molecule has 1 heteroatoms. The van der Waals surface area contributed by atoms with Gasteiger partial charge in [0.2, 0.25) is 0 Å². The van der Waals surface area contributed by atoms with Gasteiger partial charge in [-0.3, -0.25) is 0 Å². The Bertz CT molecular complexity index is 192. The monoisotopic (exact) mass is 257 g/mol. The second kappa shape index (κ2) is 8.96. The SMILES string of the molecule is CC.CCC(C)CNC(C)(C)CC(C)(C)C(C)C. The highest BCUT2D eigenvalue weighted by atomic mass is 15.0. The van der Waals surface area contributed by atoms with Crippen LogP contribution in [0.15, 0.2) is 0 Å². The lowest BCUT2D eigenvalue weighted by molar-refractivity contribution is 0.159. The molecule has 0 heterocycles. The fourth-order valence-corrected chi connectivity index (χ4v) is 2.00. The minimum Gasteiger partial charge on any atom is -0.312 e. The van der Waals surface area contributed by atoms with Crippen molar-refractivity contribution in [1.82, 2.24) is 5.32 Å². The van der Waals surface area contributed by atoms with Crippen molar-refractivity contribution in [1.29, 1.82) is 0 Å². The Balaban J connectivity index is 0. The van der Waals surface area contributed by atoms with Crippen molar-refractivity contribution in [3.05, 3.63) is 0 Å². The van der Waals surface area contributed by atoms with Crippen LogP contribution in [-0.2, 0) is 0 Å². The molecule has 0 fully saturated rings. The Morgan fingerprint density at radius 2 is 1.39 bits per heavy atom. The van der Waals surface area contributed by atoms with Crippen molar-refractivity contribution >= 4 is 0 Å². The Morgan fingerprint density at radius 1 is 0.944 bits per heavy atom. The summed E-state index contributed by atoms with van der Waals surface area (Å²) < 4.78 is 0. The van der Waals surface area contributed by atoms with E-state index in [1.54, 1.807) is 0 Å². The molecule has 1 unspecified atom stereocenters. The van der Waals surface area contributed by atoms with Crippen LogP contribution in [0.25, 0.3) is 0 Å². The second-order valence-corrected chi connectivity index (χ2v) is 7.10. The fourth-order valence-electron chi connectivity index (χ4n) is 2.00. The molecule has 0 rings (SSSR count). The predicted molar refractivity (Wildman–Crippen MR) is 86.1 cm³/mol. The van der Waals surface area contributed by atoms with Gasteiger partial charge >= 0.3 is 0 Å². The molecular weight excluding hydrogens is 218 g/mol. The van der Waals surface area contributed by atoms with Gasteiger partial charge in [-0.25, -0.2) is 0 Å². The Labute approximate surface area is 117 Å². The molecule has 0 aromatic rings. The smallest absolute Gasteiger partial charge is 0.0130 e. The van der Waals surface area contributed by atoms with Crippen molar-refractivity contribution < 1.29 is 0 Å². The van der Waals surface area contributed by atoms with E-state index in [2.05, 4.69) is 60.7 Å². The summed E-state index contributed by atoms with van der Waals surface area (Å²) >= 11 is 0. The molecule has 0 radical (unpaired) electrons. The number of nitrogens with one attached hydrogen (secondary N) is 1. The van der Waals surface area contributed by atoms with Crippen LogP contribution in [0.5, 0.6) is 0 Å². The maximum absolute atomic E-state index is 3.72. The zero-order chi connectivity index (χ0) is 15.0. The van der Waals surface area contributed by atoms with E-state index in [1.165, 1.54) is 12.8 Å². The predicted octanol–water partition coefficient (Wildman–Crippen LogP) is 5.50. The van der Waals surface area contributed by atoms with Gasteiger partial charge in [-0.15, -0.1) is 0 Å². The van der Waals surface area contributed by atoms with Crippen molar-refractivity contribution in [2.24, 2.45) is 17.3 Å². The molecule has 0 bridgehead atoms. The third-order valence-corrected chi connectivity index (χ3v) is 4.09. The van der Waals surface area contributed by atoms with Crippen LogP contribution in [0.2, 0.25) is 0 Å². The van der Waals surface area contributed by atoms with Crippen LogP contribution >= 0.6 is 0 Å². The first-order valence-corrected chi connectivity index (χ1v) is 7.85. The van der Waals surface area contributed by atoms with E-state index in [0.717, 1.165) is 18.4 Å². The van der Waals surface area contributed by atoms with Crippen molar-refractivity contribution in [2.75, 3.05) is 6.54 Å². The van der Waals surface area contributed by atoms with Gasteiger partial charge in [0.15, 0.2) is 0 Å². The van der Waals surface area contributed by atoms with Crippen LogP contribution < -0.4 is 5.32 Å². The third-order valence-electron chi connectivity index (χ3n) is 4.09.